The van der Waals surface area contributed by atoms with Crippen LogP contribution in [0.2, 0.25) is 0 Å². The molecule has 1 aliphatic heterocycles. The zero-order valence-corrected chi connectivity index (χ0v) is 14.2. The van der Waals surface area contributed by atoms with Gasteiger partial charge in [-0.1, -0.05) is 19.0 Å². The average Bonchev–Trinajstić information content (AvgIpc) is 2.87. The van der Waals surface area contributed by atoms with Gasteiger partial charge in [0.05, 0.1) is 24.8 Å². The third-order valence-corrected chi connectivity index (χ3v) is 6.35. The van der Waals surface area contributed by atoms with Crippen molar-refractivity contribution >= 4 is 13.1 Å². The summed E-state index contributed by atoms with van der Waals surface area (Å²) in [7, 11) is 0.763. The van der Waals surface area contributed by atoms with Gasteiger partial charge in [0.15, 0.2) is 0 Å². The standard InChI is InChI=1S/C15H24BN3O4/c1-14(2)9-7-10(14)15(3)11(8-9)22-16(23-15)12(18-19-17)5-6-13(20)21-4/h9-12H,5-8H2,1-4H3/t9-,10-,11+,12?,15-/m0/s1. The van der Waals surface area contributed by atoms with Crippen molar-refractivity contribution in [3.05, 3.63) is 10.4 Å². The van der Waals surface area contributed by atoms with Crippen molar-refractivity contribution < 1.29 is 18.8 Å². The number of methoxy groups -OCH3 is 1. The molecule has 3 aliphatic carbocycles. The van der Waals surface area contributed by atoms with Gasteiger partial charge in [0.1, 0.15) is 0 Å². The predicted octanol–water partition coefficient (Wildman–Crippen LogP) is 2.89. The van der Waals surface area contributed by atoms with Crippen molar-refractivity contribution in [3.63, 3.8) is 0 Å². The summed E-state index contributed by atoms with van der Waals surface area (Å²) in [5.41, 5.74) is 8.75. The minimum Gasteiger partial charge on any atom is -0.469 e. The van der Waals surface area contributed by atoms with Crippen molar-refractivity contribution in [1.82, 2.24) is 0 Å². The second-order valence-corrected chi connectivity index (χ2v) is 7.72. The molecule has 2 bridgehead atoms. The Morgan fingerprint density at radius 1 is 1.48 bits per heavy atom. The van der Waals surface area contributed by atoms with E-state index in [0.717, 1.165) is 6.42 Å². The Morgan fingerprint density at radius 2 is 2.22 bits per heavy atom. The van der Waals surface area contributed by atoms with Gasteiger partial charge in [-0.3, -0.25) is 4.79 Å². The highest BCUT2D eigenvalue weighted by atomic mass is 16.7. The summed E-state index contributed by atoms with van der Waals surface area (Å²) < 4.78 is 17.0. The number of azide groups is 1. The van der Waals surface area contributed by atoms with Crippen LogP contribution in [0.4, 0.5) is 0 Å². The molecule has 1 unspecified atom stereocenters. The van der Waals surface area contributed by atoms with Crippen LogP contribution in [0.25, 0.3) is 10.4 Å². The summed E-state index contributed by atoms with van der Waals surface area (Å²) in [4.78, 5) is 14.3. The van der Waals surface area contributed by atoms with E-state index in [1.807, 2.05) is 0 Å². The Morgan fingerprint density at radius 3 is 2.83 bits per heavy atom. The summed E-state index contributed by atoms with van der Waals surface area (Å²) in [6, 6.07) is 0. The van der Waals surface area contributed by atoms with E-state index in [9.17, 15) is 4.79 Å². The fraction of sp³-hybridized carbons (Fsp3) is 0.933. The van der Waals surface area contributed by atoms with Crippen molar-refractivity contribution in [2.45, 2.75) is 64.1 Å². The molecule has 126 valence electrons. The summed E-state index contributed by atoms with van der Waals surface area (Å²) in [6.07, 6.45) is 2.74. The zero-order chi connectivity index (χ0) is 16.8. The molecule has 4 rings (SSSR count). The molecule has 1 saturated heterocycles. The second-order valence-electron chi connectivity index (χ2n) is 7.72. The van der Waals surface area contributed by atoms with Gasteiger partial charge in [0.25, 0.3) is 0 Å². The third kappa shape index (κ3) is 2.53. The van der Waals surface area contributed by atoms with E-state index in [4.69, 9.17) is 14.8 Å². The molecule has 3 saturated carbocycles. The highest BCUT2D eigenvalue weighted by Crippen LogP contribution is 2.65. The van der Waals surface area contributed by atoms with E-state index < -0.39 is 13.1 Å². The Bertz CT molecular complexity index is 551. The molecule has 0 spiro atoms. The van der Waals surface area contributed by atoms with Gasteiger partial charge in [-0.25, -0.2) is 0 Å². The number of carbonyl (C=O) groups excluding carboxylic acids is 1. The van der Waals surface area contributed by atoms with Crippen LogP contribution in [0.15, 0.2) is 5.11 Å². The third-order valence-electron chi connectivity index (χ3n) is 6.35. The SMILES string of the molecule is COC(=O)CCC(N=[N+]=[N-])B1O[C@@H]2C[C@@H]3C[C@@H](C3(C)C)[C@]2(C)O1. The molecule has 0 aromatic heterocycles. The maximum Gasteiger partial charge on any atom is 0.466 e. The number of nitrogens with zero attached hydrogens (tertiary/aromatic N) is 3. The number of hydrogen-bond acceptors (Lipinski definition) is 5. The highest BCUT2D eigenvalue weighted by molar-refractivity contribution is 6.47. The Labute approximate surface area is 136 Å². The monoisotopic (exact) mass is 321 g/mol. The van der Waals surface area contributed by atoms with Crippen molar-refractivity contribution in [2.24, 2.45) is 22.4 Å². The van der Waals surface area contributed by atoms with Gasteiger partial charge in [0, 0.05) is 11.3 Å². The van der Waals surface area contributed by atoms with Crippen LogP contribution in [0.1, 0.15) is 46.5 Å². The first-order valence-corrected chi connectivity index (χ1v) is 8.27. The van der Waals surface area contributed by atoms with E-state index >= 15 is 0 Å². The normalized spacial score (nSPS) is 38.1. The van der Waals surface area contributed by atoms with E-state index in [-0.39, 0.29) is 29.5 Å². The van der Waals surface area contributed by atoms with Crippen molar-refractivity contribution in [3.8, 4) is 0 Å². The van der Waals surface area contributed by atoms with Crippen LogP contribution in [0, 0.1) is 17.3 Å². The van der Waals surface area contributed by atoms with Crippen LogP contribution in [-0.4, -0.2) is 37.8 Å². The molecule has 1 heterocycles. The van der Waals surface area contributed by atoms with Gasteiger partial charge in [0.2, 0.25) is 0 Å². The molecule has 8 heteroatoms. The second kappa shape index (κ2) is 5.69. The smallest absolute Gasteiger partial charge is 0.466 e. The largest absolute Gasteiger partial charge is 0.469 e. The summed E-state index contributed by atoms with van der Waals surface area (Å²) >= 11 is 0. The average molecular weight is 321 g/mol. The number of ether oxygens (including phenoxy) is 1. The molecule has 0 N–H and O–H groups in total. The first-order chi connectivity index (χ1) is 10.8. The van der Waals surface area contributed by atoms with E-state index in [1.54, 1.807) is 0 Å². The summed E-state index contributed by atoms with van der Waals surface area (Å²) in [5, 5.41) is 3.80. The van der Waals surface area contributed by atoms with E-state index in [2.05, 4.69) is 35.5 Å². The molecular formula is C15H24BN3O4. The molecule has 0 radical (unpaired) electrons. The topological polar surface area (TPSA) is 93.5 Å². The fourth-order valence-corrected chi connectivity index (χ4v) is 4.75. The summed E-state index contributed by atoms with van der Waals surface area (Å²) in [6.45, 7) is 6.71. The molecule has 4 fully saturated rings. The van der Waals surface area contributed by atoms with Crippen molar-refractivity contribution in [1.29, 1.82) is 0 Å². The molecule has 23 heavy (non-hydrogen) atoms. The maximum atomic E-state index is 11.4. The lowest BCUT2D eigenvalue weighted by Crippen LogP contribution is -2.65. The first-order valence-electron chi connectivity index (χ1n) is 8.27. The number of esters is 1. The molecule has 5 atom stereocenters. The van der Waals surface area contributed by atoms with Crippen LogP contribution in [-0.2, 0) is 18.8 Å². The van der Waals surface area contributed by atoms with E-state index in [0.29, 0.717) is 18.3 Å². The lowest BCUT2D eigenvalue weighted by atomic mass is 9.43. The zero-order valence-electron chi connectivity index (χ0n) is 14.2. The number of carbonyl (C=O) groups is 1. The lowest BCUT2D eigenvalue weighted by Gasteiger charge is -2.64. The quantitative estimate of drug-likeness (QED) is 0.256. The van der Waals surface area contributed by atoms with Crippen LogP contribution < -0.4 is 0 Å². The van der Waals surface area contributed by atoms with Crippen LogP contribution in [0.5, 0.6) is 0 Å². The Kier molecular flexibility index (Phi) is 4.11. The van der Waals surface area contributed by atoms with Gasteiger partial charge in [-0.05, 0) is 49.0 Å². The van der Waals surface area contributed by atoms with Crippen molar-refractivity contribution in [2.75, 3.05) is 7.11 Å². The van der Waals surface area contributed by atoms with Gasteiger partial charge >= 0.3 is 13.1 Å². The fourth-order valence-electron chi connectivity index (χ4n) is 4.75. The predicted molar refractivity (Wildman–Crippen MR) is 84.3 cm³/mol. The van der Waals surface area contributed by atoms with Crippen LogP contribution >= 0.6 is 0 Å². The Hall–Kier alpha value is -1.24. The molecule has 0 aromatic rings. The number of hydrogen-bond donors (Lipinski definition) is 0. The number of rotatable bonds is 5. The lowest BCUT2D eigenvalue weighted by molar-refractivity contribution is -0.199. The molecular weight excluding hydrogens is 297 g/mol. The first kappa shape index (κ1) is 16.6. The van der Waals surface area contributed by atoms with Gasteiger partial charge in [-0.15, -0.1) is 0 Å². The molecule has 0 amide bonds. The molecule has 4 aliphatic rings. The van der Waals surface area contributed by atoms with Crippen LogP contribution in [0.3, 0.4) is 0 Å². The maximum absolute atomic E-state index is 11.4. The van der Waals surface area contributed by atoms with Gasteiger partial charge in [-0.2, -0.15) is 0 Å². The molecule has 7 nitrogen and oxygen atoms in total. The minimum absolute atomic E-state index is 0.0406. The summed E-state index contributed by atoms with van der Waals surface area (Å²) in [5.74, 6) is 0.284. The highest BCUT2D eigenvalue weighted by Gasteiger charge is 2.68. The Balaban J connectivity index is 1.72. The van der Waals surface area contributed by atoms with Gasteiger partial charge < -0.3 is 14.0 Å². The minimum atomic E-state index is -0.583. The van der Waals surface area contributed by atoms with E-state index in [1.165, 1.54) is 13.5 Å². The molecule has 0 aromatic carbocycles.